The van der Waals surface area contributed by atoms with Crippen molar-refractivity contribution in [2.75, 3.05) is 0 Å². The number of hydrogen-bond acceptors (Lipinski definition) is 6. The Morgan fingerprint density at radius 2 is 1.95 bits per heavy atom. The molecule has 2 aromatic heterocycles. The topological polar surface area (TPSA) is 69.1 Å². The molecule has 5 nitrogen and oxygen atoms in total. The van der Waals surface area contributed by atoms with E-state index in [1.807, 2.05) is 19.2 Å². The molecule has 3 rings (SSSR count). The first-order chi connectivity index (χ1) is 9.96. The van der Waals surface area contributed by atoms with E-state index in [1.54, 1.807) is 12.1 Å². The van der Waals surface area contributed by atoms with Crippen LogP contribution >= 0.6 is 11.3 Å². The summed E-state index contributed by atoms with van der Waals surface area (Å²) in [5.41, 5.74) is 0.829. The molecule has 0 radical (unpaired) electrons. The standard InChI is InChI=1S/C14H11FN2O3S/c1-14(2,12-17-20-13(18)19-12)10-7-21-11(16-10)8-3-5-9(15)6-4-8/h3-7H,1-2H3. The van der Waals surface area contributed by atoms with Crippen LogP contribution in [-0.4, -0.2) is 10.1 Å². The van der Waals surface area contributed by atoms with Gasteiger partial charge >= 0.3 is 5.82 Å². The maximum absolute atomic E-state index is 12.9. The fourth-order valence-electron chi connectivity index (χ4n) is 1.83. The predicted octanol–water partition coefficient (Wildman–Crippen LogP) is 3.22. The van der Waals surface area contributed by atoms with Crippen molar-refractivity contribution >= 4 is 11.3 Å². The van der Waals surface area contributed by atoms with E-state index in [0.29, 0.717) is 5.69 Å². The minimum atomic E-state index is -0.841. The summed E-state index contributed by atoms with van der Waals surface area (Å²) in [6.07, 6.45) is 0. The van der Waals surface area contributed by atoms with Crippen LogP contribution in [0.3, 0.4) is 0 Å². The van der Waals surface area contributed by atoms with E-state index < -0.39 is 11.2 Å². The van der Waals surface area contributed by atoms with Gasteiger partial charge in [0.25, 0.3) is 5.89 Å². The minimum absolute atomic E-state index is 0.170. The first kappa shape index (κ1) is 13.7. The zero-order valence-corrected chi connectivity index (χ0v) is 12.1. The summed E-state index contributed by atoms with van der Waals surface area (Å²) in [5, 5.41) is 6.23. The van der Waals surface area contributed by atoms with E-state index in [1.165, 1.54) is 23.5 Å². The molecule has 108 valence electrons. The van der Waals surface area contributed by atoms with Crippen LogP contribution in [0.2, 0.25) is 0 Å². The van der Waals surface area contributed by atoms with Crippen LogP contribution < -0.4 is 5.82 Å². The molecule has 21 heavy (non-hydrogen) atoms. The van der Waals surface area contributed by atoms with Crippen molar-refractivity contribution in [1.82, 2.24) is 10.1 Å². The lowest BCUT2D eigenvalue weighted by molar-refractivity contribution is 0.331. The average molecular weight is 306 g/mol. The Bertz CT molecular complexity index is 817. The normalized spacial score (nSPS) is 11.8. The summed E-state index contributed by atoms with van der Waals surface area (Å²) in [6.45, 7) is 3.66. The largest absolute Gasteiger partial charge is 0.542 e. The number of rotatable bonds is 3. The van der Waals surface area contributed by atoms with E-state index in [4.69, 9.17) is 4.42 Å². The minimum Gasteiger partial charge on any atom is -0.374 e. The van der Waals surface area contributed by atoms with Crippen LogP contribution in [-0.2, 0) is 5.41 Å². The van der Waals surface area contributed by atoms with Crippen LogP contribution in [0.15, 0.2) is 43.4 Å². The van der Waals surface area contributed by atoms with Gasteiger partial charge in [-0.15, -0.1) is 11.3 Å². The second-order valence-electron chi connectivity index (χ2n) is 5.01. The van der Waals surface area contributed by atoms with Crippen LogP contribution in [0.4, 0.5) is 4.39 Å². The second-order valence-corrected chi connectivity index (χ2v) is 5.87. The van der Waals surface area contributed by atoms with Crippen LogP contribution in [0, 0.1) is 5.82 Å². The predicted molar refractivity (Wildman–Crippen MR) is 74.7 cm³/mol. The average Bonchev–Trinajstić information content (AvgIpc) is 3.09. The maximum Gasteiger partial charge on any atom is 0.542 e. The molecule has 0 saturated carbocycles. The molecule has 0 N–H and O–H groups in total. The Morgan fingerprint density at radius 3 is 2.57 bits per heavy atom. The molecule has 2 heterocycles. The van der Waals surface area contributed by atoms with Gasteiger partial charge in [0.2, 0.25) is 0 Å². The van der Waals surface area contributed by atoms with E-state index in [2.05, 4.69) is 14.7 Å². The van der Waals surface area contributed by atoms with Crippen LogP contribution in [0.1, 0.15) is 25.4 Å². The molecule has 0 amide bonds. The van der Waals surface area contributed by atoms with Crippen molar-refractivity contribution in [2.45, 2.75) is 19.3 Å². The molecule has 0 saturated heterocycles. The molecule has 0 aliphatic heterocycles. The molecule has 0 aliphatic rings. The molecule has 0 aliphatic carbocycles. The monoisotopic (exact) mass is 306 g/mol. The highest BCUT2D eigenvalue weighted by molar-refractivity contribution is 7.13. The molecular weight excluding hydrogens is 295 g/mol. The second kappa shape index (κ2) is 4.92. The highest BCUT2D eigenvalue weighted by Crippen LogP contribution is 2.33. The highest BCUT2D eigenvalue weighted by atomic mass is 32.1. The van der Waals surface area contributed by atoms with Gasteiger partial charge in [-0.25, -0.2) is 14.2 Å². The smallest absolute Gasteiger partial charge is 0.374 e. The van der Waals surface area contributed by atoms with Gasteiger partial charge < -0.3 is 4.42 Å². The van der Waals surface area contributed by atoms with Crippen molar-refractivity contribution in [3.63, 3.8) is 0 Å². The molecule has 0 fully saturated rings. The van der Waals surface area contributed by atoms with Gasteiger partial charge in [0.15, 0.2) is 0 Å². The van der Waals surface area contributed by atoms with Crippen molar-refractivity contribution < 1.29 is 13.3 Å². The van der Waals surface area contributed by atoms with E-state index >= 15 is 0 Å². The zero-order valence-electron chi connectivity index (χ0n) is 11.3. The number of nitrogens with zero attached hydrogens (tertiary/aromatic N) is 2. The van der Waals surface area contributed by atoms with Gasteiger partial charge in [-0.3, -0.25) is 4.52 Å². The number of halogens is 1. The molecule has 1 aromatic carbocycles. The zero-order chi connectivity index (χ0) is 15.0. The molecule has 3 aromatic rings. The Labute approximate surface area is 123 Å². The first-order valence-electron chi connectivity index (χ1n) is 6.16. The summed E-state index contributed by atoms with van der Waals surface area (Å²) in [4.78, 5) is 15.5. The van der Waals surface area contributed by atoms with Gasteiger partial charge in [-0.2, -0.15) is 0 Å². The highest BCUT2D eigenvalue weighted by Gasteiger charge is 2.32. The van der Waals surface area contributed by atoms with Crippen molar-refractivity contribution in [1.29, 1.82) is 0 Å². The quantitative estimate of drug-likeness (QED) is 0.743. The number of hydrogen-bond donors (Lipinski definition) is 0. The third-order valence-corrected chi connectivity index (χ3v) is 4.04. The van der Waals surface area contributed by atoms with Crippen LogP contribution in [0.25, 0.3) is 10.6 Å². The van der Waals surface area contributed by atoms with E-state index in [9.17, 15) is 9.18 Å². The van der Waals surface area contributed by atoms with Crippen molar-refractivity contribution in [3.8, 4) is 10.6 Å². The van der Waals surface area contributed by atoms with Crippen molar-refractivity contribution in [3.05, 3.63) is 57.7 Å². The summed E-state index contributed by atoms with van der Waals surface area (Å²) in [7, 11) is 0. The fourth-order valence-corrected chi connectivity index (χ4v) is 2.83. The van der Waals surface area contributed by atoms with Gasteiger partial charge in [0, 0.05) is 10.9 Å². The lowest BCUT2D eigenvalue weighted by Crippen LogP contribution is -2.20. The van der Waals surface area contributed by atoms with Crippen LogP contribution in [0.5, 0.6) is 0 Å². The molecule has 7 heteroatoms. The first-order valence-corrected chi connectivity index (χ1v) is 7.04. The van der Waals surface area contributed by atoms with Crippen molar-refractivity contribution in [2.24, 2.45) is 0 Å². The Kier molecular flexibility index (Phi) is 3.21. The molecular formula is C14H11FN2O3S. The summed E-state index contributed by atoms with van der Waals surface area (Å²) in [6, 6.07) is 6.11. The fraction of sp³-hybridized carbons (Fsp3) is 0.214. The third-order valence-electron chi connectivity index (χ3n) is 3.15. The maximum atomic E-state index is 12.9. The molecule has 0 spiro atoms. The lowest BCUT2D eigenvalue weighted by Gasteiger charge is -2.16. The van der Waals surface area contributed by atoms with Gasteiger partial charge in [0.1, 0.15) is 10.8 Å². The number of thiazole rings is 1. The third kappa shape index (κ3) is 2.52. The summed E-state index contributed by atoms with van der Waals surface area (Å²) >= 11 is 1.43. The Morgan fingerprint density at radius 1 is 1.24 bits per heavy atom. The molecule has 0 unspecified atom stereocenters. The summed E-state index contributed by atoms with van der Waals surface area (Å²) in [5.74, 6) is -0.962. The molecule has 0 bridgehead atoms. The van der Waals surface area contributed by atoms with Gasteiger partial charge in [0.05, 0.1) is 11.1 Å². The van der Waals surface area contributed by atoms with E-state index in [0.717, 1.165) is 10.6 Å². The lowest BCUT2D eigenvalue weighted by atomic mass is 9.90. The molecule has 0 atom stereocenters. The number of benzene rings is 1. The van der Waals surface area contributed by atoms with Gasteiger partial charge in [-0.1, -0.05) is 0 Å². The SMILES string of the molecule is CC(C)(c1csc(-c2ccc(F)cc2)n1)c1noc(=O)o1. The van der Waals surface area contributed by atoms with E-state index in [-0.39, 0.29) is 11.7 Å². The Balaban J connectivity index is 1.97. The number of aromatic nitrogens is 2. The summed E-state index contributed by atoms with van der Waals surface area (Å²) < 4.78 is 22.3. The van der Waals surface area contributed by atoms with Gasteiger partial charge in [-0.05, 0) is 43.3 Å². The Hall–Kier alpha value is -2.28.